The Balaban J connectivity index is 1.87. The molecule has 0 aliphatic rings. The highest BCUT2D eigenvalue weighted by Crippen LogP contribution is 2.30. The van der Waals surface area contributed by atoms with Crippen LogP contribution in [-0.4, -0.2) is 17.0 Å². The maximum absolute atomic E-state index is 14.1. The average molecular weight is 490 g/mol. The Bertz CT molecular complexity index is 1260. The number of anilines is 1. The van der Waals surface area contributed by atoms with Crippen molar-refractivity contribution >= 4 is 29.2 Å². The molecule has 0 atom stereocenters. The van der Waals surface area contributed by atoms with Crippen molar-refractivity contribution < 1.29 is 45.8 Å². The van der Waals surface area contributed by atoms with Crippen molar-refractivity contribution in [3.8, 4) is 5.75 Å². The molecule has 12 heteroatoms. The summed E-state index contributed by atoms with van der Waals surface area (Å²) in [6, 6.07) is 6.17. The summed E-state index contributed by atoms with van der Waals surface area (Å²) in [5.41, 5.74) is -3.91. The van der Waals surface area contributed by atoms with Gasteiger partial charge in [-0.3, -0.25) is 4.79 Å². The number of ether oxygens (including phenoxy) is 1. The average Bonchev–Trinajstić information content (AvgIpc) is 2.75. The molecule has 2 N–H and O–H groups in total. The van der Waals surface area contributed by atoms with Crippen LogP contribution in [0.2, 0.25) is 5.02 Å². The van der Waals surface area contributed by atoms with E-state index < -0.39 is 63.6 Å². The van der Waals surface area contributed by atoms with Gasteiger partial charge in [-0.2, -0.15) is 0 Å². The normalized spacial score (nSPS) is 10.8. The molecule has 5 nitrogen and oxygen atoms in total. The lowest BCUT2D eigenvalue weighted by Gasteiger charge is -2.13. The fourth-order valence-electron chi connectivity index (χ4n) is 2.68. The number of aromatic carboxylic acids is 1. The molecule has 0 aliphatic heterocycles. The number of benzene rings is 3. The Morgan fingerprint density at radius 2 is 1.55 bits per heavy atom. The number of carboxylic acid groups (broad SMARTS) is 1. The largest absolute Gasteiger partial charge is 0.489 e. The second-order valence-electron chi connectivity index (χ2n) is 6.43. The number of nitrogens with one attached hydrogen (secondary N) is 1. The number of amides is 1. The molecule has 3 rings (SSSR count). The van der Waals surface area contributed by atoms with Crippen LogP contribution in [0.3, 0.4) is 0 Å². The molecule has 0 fully saturated rings. The van der Waals surface area contributed by atoms with Crippen molar-refractivity contribution in [2.24, 2.45) is 0 Å². The van der Waals surface area contributed by atoms with E-state index in [1.165, 1.54) is 6.07 Å². The van der Waals surface area contributed by atoms with E-state index in [1.807, 2.05) is 0 Å². The van der Waals surface area contributed by atoms with Crippen LogP contribution in [0.1, 0.15) is 26.3 Å². The molecule has 0 heterocycles. The molecule has 0 aromatic heterocycles. The predicted octanol–water partition coefficient (Wildman–Crippen LogP) is 5.70. The Labute approximate surface area is 186 Å². The van der Waals surface area contributed by atoms with Gasteiger partial charge in [-0.1, -0.05) is 11.6 Å². The number of carboxylic acids is 1. The Hall–Kier alpha value is -3.73. The van der Waals surface area contributed by atoms with Gasteiger partial charge < -0.3 is 15.2 Å². The van der Waals surface area contributed by atoms with Gasteiger partial charge in [-0.05, 0) is 30.3 Å². The van der Waals surface area contributed by atoms with Crippen molar-refractivity contribution in [1.29, 1.82) is 0 Å². The fraction of sp³-hybridized carbons (Fsp3) is 0.0476. The molecule has 0 unspecified atom stereocenters. The van der Waals surface area contributed by atoms with Gasteiger partial charge in [-0.15, -0.1) is 0 Å². The van der Waals surface area contributed by atoms with E-state index in [4.69, 9.17) is 21.4 Å². The highest BCUT2D eigenvalue weighted by Gasteiger charge is 2.30. The maximum atomic E-state index is 14.1. The number of rotatable bonds is 6. The monoisotopic (exact) mass is 489 g/mol. The molecule has 0 aliphatic carbocycles. The van der Waals surface area contributed by atoms with Gasteiger partial charge in [0.15, 0.2) is 23.3 Å². The first-order valence-corrected chi connectivity index (χ1v) is 9.16. The minimum atomic E-state index is -2.26. The molecular formula is C21H10ClF6NO4. The van der Waals surface area contributed by atoms with E-state index >= 15 is 0 Å². The van der Waals surface area contributed by atoms with Crippen LogP contribution in [0.25, 0.3) is 0 Å². The smallest absolute Gasteiger partial charge is 0.341 e. The predicted molar refractivity (Wildman–Crippen MR) is 103 cm³/mol. The summed E-state index contributed by atoms with van der Waals surface area (Å²) in [5.74, 6) is -14.1. The van der Waals surface area contributed by atoms with Crippen LogP contribution >= 0.6 is 11.6 Å². The topological polar surface area (TPSA) is 75.6 Å². The van der Waals surface area contributed by atoms with Crippen molar-refractivity contribution in [1.82, 2.24) is 0 Å². The van der Waals surface area contributed by atoms with Crippen molar-refractivity contribution in [3.05, 3.63) is 93.0 Å². The van der Waals surface area contributed by atoms with Gasteiger partial charge in [0.05, 0.1) is 10.6 Å². The second kappa shape index (κ2) is 9.41. The standard InChI is InChI=1S/C21H10ClF6NO4/c22-12-4-3-10(33-7-8-1-2-9(23)5-13(8)24)6-11(12)20(30)29-19-17(27)15(25)14(21(31)32)16(26)18(19)28/h1-6H,7H2,(H,29,30)(H,31,32). The van der Waals surface area contributed by atoms with E-state index in [-0.39, 0.29) is 22.9 Å². The minimum Gasteiger partial charge on any atom is -0.489 e. The number of halogens is 7. The van der Waals surface area contributed by atoms with Gasteiger partial charge in [0.2, 0.25) is 0 Å². The lowest BCUT2D eigenvalue weighted by Crippen LogP contribution is -2.19. The van der Waals surface area contributed by atoms with Crippen LogP contribution in [0.15, 0.2) is 36.4 Å². The molecule has 3 aromatic rings. The number of hydrogen-bond acceptors (Lipinski definition) is 3. The van der Waals surface area contributed by atoms with Crippen molar-refractivity contribution in [2.75, 3.05) is 5.32 Å². The van der Waals surface area contributed by atoms with Crippen LogP contribution in [-0.2, 0) is 6.61 Å². The van der Waals surface area contributed by atoms with Gasteiger partial charge >= 0.3 is 5.97 Å². The molecule has 0 spiro atoms. The lowest BCUT2D eigenvalue weighted by molar-refractivity contribution is 0.0683. The molecule has 172 valence electrons. The van der Waals surface area contributed by atoms with Gasteiger partial charge in [-0.25, -0.2) is 31.1 Å². The molecule has 0 saturated carbocycles. The first-order valence-electron chi connectivity index (χ1n) is 8.78. The van der Waals surface area contributed by atoms with Crippen molar-refractivity contribution in [3.63, 3.8) is 0 Å². The summed E-state index contributed by atoms with van der Waals surface area (Å²) in [6.07, 6.45) is 0. The zero-order valence-corrected chi connectivity index (χ0v) is 16.7. The summed E-state index contributed by atoms with van der Waals surface area (Å²) >= 11 is 5.89. The minimum absolute atomic E-state index is 0.0223. The van der Waals surface area contributed by atoms with Crippen LogP contribution in [0.5, 0.6) is 5.75 Å². The summed E-state index contributed by atoms with van der Waals surface area (Å²) in [5, 5.41) is 10.0. The van der Waals surface area contributed by atoms with Gasteiger partial charge in [0, 0.05) is 11.6 Å². The highest BCUT2D eigenvalue weighted by atomic mass is 35.5. The molecule has 1 amide bonds. The summed E-state index contributed by atoms with van der Waals surface area (Å²) in [6.45, 7) is -0.384. The van der Waals surface area contributed by atoms with Crippen LogP contribution in [0.4, 0.5) is 32.0 Å². The first-order chi connectivity index (χ1) is 15.5. The van der Waals surface area contributed by atoms with E-state index in [0.29, 0.717) is 6.07 Å². The molecule has 3 aromatic carbocycles. The third-order valence-electron chi connectivity index (χ3n) is 4.31. The van der Waals surface area contributed by atoms with Crippen LogP contribution < -0.4 is 10.1 Å². The molecule has 0 radical (unpaired) electrons. The Morgan fingerprint density at radius 1 is 0.909 bits per heavy atom. The van der Waals surface area contributed by atoms with E-state index in [2.05, 4.69) is 0 Å². The van der Waals surface area contributed by atoms with E-state index in [9.17, 15) is 35.9 Å². The maximum Gasteiger partial charge on any atom is 0.341 e. The molecule has 0 saturated heterocycles. The molecular weight excluding hydrogens is 480 g/mol. The quantitative estimate of drug-likeness (QED) is 0.344. The summed E-state index contributed by atoms with van der Waals surface area (Å²) in [4.78, 5) is 23.3. The zero-order valence-electron chi connectivity index (χ0n) is 16.0. The first kappa shape index (κ1) is 23.9. The second-order valence-corrected chi connectivity index (χ2v) is 6.84. The molecule has 33 heavy (non-hydrogen) atoms. The van der Waals surface area contributed by atoms with Gasteiger partial charge in [0.25, 0.3) is 5.91 Å². The number of carbonyl (C=O) groups excluding carboxylic acids is 1. The molecule has 0 bridgehead atoms. The van der Waals surface area contributed by atoms with Crippen LogP contribution in [0, 0.1) is 34.9 Å². The lowest BCUT2D eigenvalue weighted by atomic mass is 10.1. The van der Waals surface area contributed by atoms with E-state index in [0.717, 1.165) is 24.3 Å². The fourth-order valence-corrected chi connectivity index (χ4v) is 2.88. The van der Waals surface area contributed by atoms with Gasteiger partial charge in [0.1, 0.15) is 35.2 Å². The number of hydrogen-bond donors (Lipinski definition) is 2. The zero-order chi connectivity index (χ0) is 24.4. The van der Waals surface area contributed by atoms with E-state index in [1.54, 1.807) is 5.32 Å². The summed E-state index contributed by atoms with van der Waals surface area (Å²) in [7, 11) is 0. The third-order valence-corrected chi connectivity index (χ3v) is 4.64. The summed E-state index contributed by atoms with van der Waals surface area (Å²) < 4.78 is 87.9. The van der Waals surface area contributed by atoms with Crippen molar-refractivity contribution in [2.45, 2.75) is 6.61 Å². The number of carbonyl (C=O) groups is 2. The SMILES string of the molecule is O=C(Nc1c(F)c(F)c(C(=O)O)c(F)c1F)c1cc(OCc2ccc(F)cc2F)ccc1Cl. The Morgan fingerprint density at radius 3 is 2.12 bits per heavy atom. The Kier molecular flexibility index (Phi) is 6.82. The highest BCUT2D eigenvalue weighted by molar-refractivity contribution is 6.34. The third kappa shape index (κ3) is 4.87.